The number of ether oxygens (including phenoxy) is 1. The van der Waals surface area contributed by atoms with E-state index in [-0.39, 0.29) is 11.3 Å². The van der Waals surface area contributed by atoms with Gasteiger partial charge in [-0.1, -0.05) is 6.07 Å². The second kappa shape index (κ2) is 7.29. The molecular formula is C18H16N2O4. The van der Waals surface area contributed by atoms with Crippen molar-refractivity contribution in [3.05, 3.63) is 59.2 Å². The van der Waals surface area contributed by atoms with Crippen LogP contribution in [0.25, 0.3) is 0 Å². The van der Waals surface area contributed by atoms with Gasteiger partial charge in [0.2, 0.25) is 0 Å². The maximum Gasteiger partial charge on any atom is 0.342 e. The van der Waals surface area contributed by atoms with E-state index in [1.54, 1.807) is 37.3 Å². The molecule has 2 aromatic carbocycles. The number of esters is 1. The van der Waals surface area contributed by atoms with E-state index in [4.69, 9.17) is 10.00 Å². The van der Waals surface area contributed by atoms with Crippen molar-refractivity contribution >= 4 is 17.6 Å². The van der Waals surface area contributed by atoms with Gasteiger partial charge < -0.3 is 15.2 Å². The Balaban J connectivity index is 2.00. The molecule has 1 atom stereocenters. The lowest BCUT2D eigenvalue weighted by molar-refractivity contribution is -0.123. The summed E-state index contributed by atoms with van der Waals surface area (Å²) in [4.78, 5) is 24.1. The Kier molecular flexibility index (Phi) is 5.17. The number of nitrogens with zero attached hydrogens (tertiary/aromatic N) is 1. The van der Waals surface area contributed by atoms with E-state index in [0.29, 0.717) is 11.3 Å². The summed E-state index contributed by atoms with van der Waals surface area (Å²) in [6, 6.07) is 12.8. The molecule has 0 saturated carbocycles. The summed E-state index contributed by atoms with van der Waals surface area (Å²) in [5.74, 6) is -1.49. The van der Waals surface area contributed by atoms with E-state index in [1.165, 1.54) is 19.1 Å². The van der Waals surface area contributed by atoms with Crippen molar-refractivity contribution in [2.24, 2.45) is 0 Å². The van der Waals surface area contributed by atoms with E-state index in [9.17, 15) is 14.7 Å². The maximum atomic E-state index is 12.1. The first-order valence-corrected chi connectivity index (χ1v) is 7.22. The SMILES string of the molecule is Cc1ccc(C(=O)O[C@H](C)C(=O)Nc2ccc(C#N)cc2)c(O)c1. The van der Waals surface area contributed by atoms with Gasteiger partial charge in [-0.25, -0.2) is 4.79 Å². The van der Waals surface area contributed by atoms with Crippen molar-refractivity contribution < 1.29 is 19.4 Å². The van der Waals surface area contributed by atoms with Crippen molar-refractivity contribution in [2.75, 3.05) is 5.32 Å². The van der Waals surface area contributed by atoms with Crippen molar-refractivity contribution in [2.45, 2.75) is 20.0 Å². The molecule has 0 radical (unpaired) electrons. The zero-order chi connectivity index (χ0) is 17.7. The van der Waals surface area contributed by atoms with Gasteiger partial charge in [-0.3, -0.25) is 4.79 Å². The van der Waals surface area contributed by atoms with Gasteiger partial charge in [-0.2, -0.15) is 5.26 Å². The van der Waals surface area contributed by atoms with Crippen LogP contribution in [-0.2, 0) is 9.53 Å². The number of amides is 1. The van der Waals surface area contributed by atoms with Gasteiger partial charge in [0.15, 0.2) is 6.10 Å². The number of carbonyl (C=O) groups excluding carboxylic acids is 2. The predicted molar refractivity (Wildman–Crippen MR) is 87.5 cm³/mol. The number of hydrogen-bond acceptors (Lipinski definition) is 5. The van der Waals surface area contributed by atoms with Crippen molar-refractivity contribution in [1.82, 2.24) is 0 Å². The lowest BCUT2D eigenvalue weighted by Gasteiger charge is -2.14. The first-order valence-electron chi connectivity index (χ1n) is 7.22. The first kappa shape index (κ1) is 17.0. The summed E-state index contributed by atoms with van der Waals surface area (Å²) in [5.41, 5.74) is 1.76. The Morgan fingerprint density at radius 3 is 2.46 bits per heavy atom. The van der Waals surface area contributed by atoms with E-state index in [1.807, 2.05) is 6.07 Å². The molecule has 0 aliphatic heterocycles. The Morgan fingerprint density at radius 2 is 1.88 bits per heavy atom. The standard InChI is InChI=1S/C18H16N2O4/c1-11-3-8-15(16(21)9-11)18(23)24-12(2)17(22)20-14-6-4-13(10-19)5-7-14/h3-9,12,21H,1-2H3,(H,20,22)/t12-/m1/s1. The molecule has 0 heterocycles. The number of aryl methyl sites for hydroxylation is 1. The molecule has 0 aromatic heterocycles. The molecule has 24 heavy (non-hydrogen) atoms. The van der Waals surface area contributed by atoms with Crippen molar-refractivity contribution in [3.8, 4) is 11.8 Å². The van der Waals surface area contributed by atoms with Crippen LogP contribution < -0.4 is 5.32 Å². The molecule has 2 N–H and O–H groups in total. The minimum Gasteiger partial charge on any atom is -0.507 e. The minimum atomic E-state index is -1.05. The van der Waals surface area contributed by atoms with Crippen LogP contribution >= 0.6 is 0 Å². The second-order valence-corrected chi connectivity index (χ2v) is 5.25. The molecule has 6 heteroatoms. The highest BCUT2D eigenvalue weighted by Gasteiger charge is 2.21. The predicted octanol–water partition coefficient (Wildman–Crippen LogP) is 2.76. The number of anilines is 1. The molecule has 0 aliphatic rings. The van der Waals surface area contributed by atoms with Gasteiger partial charge in [-0.05, 0) is 55.8 Å². The van der Waals surface area contributed by atoms with Crippen LogP contribution in [0.15, 0.2) is 42.5 Å². The molecule has 0 fully saturated rings. The van der Waals surface area contributed by atoms with E-state index in [0.717, 1.165) is 5.56 Å². The third-order valence-corrected chi connectivity index (χ3v) is 3.31. The summed E-state index contributed by atoms with van der Waals surface area (Å²) in [7, 11) is 0. The zero-order valence-electron chi connectivity index (χ0n) is 13.2. The smallest absolute Gasteiger partial charge is 0.342 e. The molecule has 6 nitrogen and oxygen atoms in total. The fourth-order valence-corrected chi connectivity index (χ4v) is 1.96. The molecule has 0 saturated heterocycles. The second-order valence-electron chi connectivity index (χ2n) is 5.25. The largest absolute Gasteiger partial charge is 0.507 e. The Labute approximate surface area is 139 Å². The molecule has 0 bridgehead atoms. The fraction of sp³-hybridized carbons (Fsp3) is 0.167. The third-order valence-electron chi connectivity index (χ3n) is 3.31. The van der Waals surface area contributed by atoms with Crippen LogP contribution in [0.3, 0.4) is 0 Å². The maximum absolute atomic E-state index is 12.1. The fourth-order valence-electron chi connectivity index (χ4n) is 1.96. The highest BCUT2D eigenvalue weighted by Crippen LogP contribution is 2.20. The van der Waals surface area contributed by atoms with Crippen molar-refractivity contribution in [3.63, 3.8) is 0 Å². The zero-order valence-corrected chi connectivity index (χ0v) is 13.2. The van der Waals surface area contributed by atoms with Crippen LogP contribution in [0.5, 0.6) is 5.75 Å². The number of carbonyl (C=O) groups is 2. The first-order chi connectivity index (χ1) is 11.4. The van der Waals surface area contributed by atoms with Gasteiger partial charge in [0.25, 0.3) is 5.91 Å². The van der Waals surface area contributed by atoms with E-state index >= 15 is 0 Å². The van der Waals surface area contributed by atoms with Gasteiger partial charge in [0.1, 0.15) is 11.3 Å². The highest BCUT2D eigenvalue weighted by molar-refractivity contribution is 5.98. The van der Waals surface area contributed by atoms with Gasteiger partial charge in [0.05, 0.1) is 11.6 Å². The number of phenolic OH excluding ortho intramolecular Hbond substituents is 1. The molecule has 0 unspecified atom stereocenters. The molecule has 122 valence electrons. The number of benzene rings is 2. The average Bonchev–Trinajstić information content (AvgIpc) is 2.55. The normalized spacial score (nSPS) is 11.2. The highest BCUT2D eigenvalue weighted by atomic mass is 16.5. The molecule has 0 spiro atoms. The number of nitrogens with one attached hydrogen (secondary N) is 1. The molecule has 2 rings (SSSR count). The van der Waals surface area contributed by atoms with Crippen LogP contribution in [0.1, 0.15) is 28.4 Å². The summed E-state index contributed by atoms with van der Waals surface area (Å²) < 4.78 is 5.07. The number of hydrogen-bond donors (Lipinski definition) is 2. The topological polar surface area (TPSA) is 99.4 Å². The summed E-state index contributed by atoms with van der Waals surface area (Å²) in [6.07, 6.45) is -1.05. The average molecular weight is 324 g/mol. The van der Waals surface area contributed by atoms with E-state index < -0.39 is 18.0 Å². The number of rotatable bonds is 4. The summed E-state index contributed by atoms with van der Waals surface area (Å²) in [6.45, 7) is 3.21. The lowest BCUT2D eigenvalue weighted by atomic mass is 10.1. The van der Waals surface area contributed by atoms with Crippen LogP contribution in [0, 0.1) is 18.3 Å². The van der Waals surface area contributed by atoms with Crippen LogP contribution in [-0.4, -0.2) is 23.1 Å². The Bertz CT molecular complexity index is 807. The number of phenols is 1. The van der Waals surface area contributed by atoms with Crippen molar-refractivity contribution in [1.29, 1.82) is 5.26 Å². The Hall–Kier alpha value is -3.33. The molecule has 1 amide bonds. The third kappa shape index (κ3) is 4.11. The summed E-state index contributed by atoms with van der Waals surface area (Å²) >= 11 is 0. The molecule has 2 aromatic rings. The van der Waals surface area contributed by atoms with Gasteiger partial charge >= 0.3 is 5.97 Å². The quantitative estimate of drug-likeness (QED) is 0.842. The van der Waals surface area contributed by atoms with Crippen LogP contribution in [0.4, 0.5) is 5.69 Å². The van der Waals surface area contributed by atoms with Gasteiger partial charge in [-0.15, -0.1) is 0 Å². The summed E-state index contributed by atoms with van der Waals surface area (Å²) in [5, 5.41) is 21.1. The van der Waals surface area contributed by atoms with Gasteiger partial charge in [0, 0.05) is 5.69 Å². The molecular weight excluding hydrogens is 308 g/mol. The van der Waals surface area contributed by atoms with Crippen LogP contribution in [0.2, 0.25) is 0 Å². The minimum absolute atomic E-state index is 0.00127. The lowest BCUT2D eigenvalue weighted by Crippen LogP contribution is -2.30. The van der Waals surface area contributed by atoms with E-state index in [2.05, 4.69) is 5.32 Å². The Morgan fingerprint density at radius 1 is 1.21 bits per heavy atom. The molecule has 0 aliphatic carbocycles. The number of nitriles is 1. The monoisotopic (exact) mass is 324 g/mol. The number of aromatic hydroxyl groups is 1.